The lowest BCUT2D eigenvalue weighted by atomic mass is 9.83. The van der Waals surface area contributed by atoms with Crippen LogP contribution in [0.15, 0.2) is 12.3 Å². The highest BCUT2D eigenvalue weighted by Crippen LogP contribution is 2.35. The van der Waals surface area contributed by atoms with Crippen LogP contribution >= 0.6 is 0 Å². The fourth-order valence-corrected chi connectivity index (χ4v) is 3.09. The Morgan fingerprint density at radius 3 is 2.81 bits per heavy atom. The molecule has 0 amide bonds. The van der Waals surface area contributed by atoms with Crippen LogP contribution in [-0.2, 0) is 13.1 Å². The molecule has 2 heterocycles. The largest absolute Gasteiger partial charge is 0.408 e. The summed E-state index contributed by atoms with van der Waals surface area (Å²) >= 11 is 0. The van der Waals surface area contributed by atoms with Crippen LogP contribution < -0.4 is 0 Å². The summed E-state index contributed by atoms with van der Waals surface area (Å²) in [5, 5.41) is 13.6. The predicted octanol–water partition coefficient (Wildman–Crippen LogP) is 2.43. The second-order valence-electron chi connectivity index (χ2n) is 5.99. The smallest absolute Gasteiger partial charge is 0.396 e. The fourth-order valence-electron chi connectivity index (χ4n) is 3.09. The van der Waals surface area contributed by atoms with Crippen LogP contribution in [0.1, 0.15) is 31.9 Å². The topological polar surface area (TPSA) is 41.3 Å². The molecule has 1 saturated heterocycles. The van der Waals surface area contributed by atoms with Gasteiger partial charge in [0, 0.05) is 31.3 Å². The van der Waals surface area contributed by atoms with Crippen LogP contribution in [0.2, 0.25) is 0 Å². The van der Waals surface area contributed by atoms with E-state index in [1.54, 1.807) is 6.07 Å². The van der Waals surface area contributed by atoms with Crippen LogP contribution in [0.25, 0.3) is 0 Å². The number of aromatic nitrogens is 2. The lowest BCUT2D eigenvalue weighted by Crippen LogP contribution is -2.30. The van der Waals surface area contributed by atoms with E-state index in [1.807, 2.05) is 0 Å². The van der Waals surface area contributed by atoms with Gasteiger partial charge >= 0.3 is 6.18 Å². The van der Waals surface area contributed by atoms with E-state index in [0.29, 0.717) is 12.2 Å². The quantitative estimate of drug-likeness (QED) is 0.877. The Hall–Kier alpha value is -1.08. The number of hydrogen-bond acceptors (Lipinski definition) is 3. The molecule has 1 aromatic rings. The number of aliphatic hydroxyl groups is 1. The molecule has 1 aliphatic rings. The maximum Gasteiger partial charge on any atom is 0.408 e. The SMILES string of the molecule is CCCC1(CO)CCN(Cc2ccn(CC(F)(F)F)n2)C1. The first kappa shape index (κ1) is 16.3. The van der Waals surface area contributed by atoms with Gasteiger partial charge in [-0.15, -0.1) is 0 Å². The lowest BCUT2D eigenvalue weighted by molar-refractivity contribution is -0.142. The zero-order chi connectivity index (χ0) is 15.5. The molecule has 0 radical (unpaired) electrons. The molecule has 0 bridgehead atoms. The van der Waals surface area contributed by atoms with Crippen molar-refractivity contribution in [1.29, 1.82) is 0 Å². The maximum atomic E-state index is 12.3. The molecule has 1 aromatic heterocycles. The summed E-state index contributed by atoms with van der Waals surface area (Å²) < 4.78 is 37.8. The van der Waals surface area contributed by atoms with Crippen molar-refractivity contribution >= 4 is 0 Å². The van der Waals surface area contributed by atoms with Gasteiger partial charge in [0.1, 0.15) is 6.54 Å². The van der Waals surface area contributed by atoms with Crippen LogP contribution in [0.5, 0.6) is 0 Å². The zero-order valence-corrected chi connectivity index (χ0v) is 12.2. The summed E-state index contributed by atoms with van der Waals surface area (Å²) in [6, 6.07) is 1.63. The summed E-state index contributed by atoms with van der Waals surface area (Å²) in [4.78, 5) is 2.16. The molecule has 0 aromatic carbocycles. The Balaban J connectivity index is 1.91. The van der Waals surface area contributed by atoms with E-state index in [2.05, 4.69) is 16.9 Å². The van der Waals surface area contributed by atoms with Gasteiger partial charge in [0.05, 0.1) is 5.69 Å². The standard InChI is InChI=1S/C14H22F3N3O/c1-2-4-13(11-21)5-7-19(9-13)8-12-3-6-20(18-12)10-14(15,16)17/h3,6,21H,2,4-5,7-11H2,1H3. The summed E-state index contributed by atoms with van der Waals surface area (Å²) in [6.45, 7) is 3.38. The van der Waals surface area contributed by atoms with Gasteiger partial charge in [-0.3, -0.25) is 9.58 Å². The van der Waals surface area contributed by atoms with E-state index in [1.165, 1.54) is 6.20 Å². The Bertz CT molecular complexity index is 461. The van der Waals surface area contributed by atoms with Gasteiger partial charge in [-0.25, -0.2) is 0 Å². The molecule has 1 fully saturated rings. The third-order valence-corrected chi connectivity index (χ3v) is 4.06. The molecule has 1 aliphatic heterocycles. The van der Waals surface area contributed by atoms with Crippen LogP contribution in [-0.4, -0.2) is 45.7 Å². The highest BCUT2D eigenvalue weighted by molar-refractivity contribution is 5.01. The molecule has 120 valence electrons. The zero-order valence-electron chi connectivity index (χ0n) is 12.2. The number of alkyl halides is 3. The molecule has 1 N–H and O–H groups in total. The van der Waals surface area contributed by atoms with E-state index < -0.39 is 12.7 Å². The predicted molar refractivity (Wildman–Crippen MR) is 72.6 cm³/mol. The second kappa shape index (κ2) is 6.36. The first-order valence-corrected chi connectivity index (χ1v) is 7.28. The molecule has 1 unspecified atom stereocenters. The van der Waals surface area contributed by atoms with Gasteiger partial charge in [-0.1, -0.05) is 13.3 Å². The molecule has 2 rings (SSSR count). The minimum atomic E-state index is -4.25. The third kappa shape index (κ3) is 4.44. The molecule has 21 heavy (non-hydrogen) atoms. The molecule has 7 heteroatoms. The Morgan fingerprint density at radius 2 is 2.19 bits per heavy atom. The molecule has 1 atom stereocenters. The van der Waals surface area contributed by atoms with Gasteiger partial charge in [-0.05, 0) is 25.5 Å². The molecule has 0 spiro atoms. The third-order valence-electron chi connectivity index (χ3n) is 4.06. The Kier molecular flexibility index (Phi) is 4.93. The first-order valence-electron chi connectivity index (χ1n) is 7.28. The average Bonchev–Trinajstić information content (AvgIpc) is 2.97. The van der Waals surface area contributed by atoms with Crippen LogP contribution in [0.4, 0.5) is 13.2 Å². The van der Waals surface area contributed by atoms with Crippen molar-refractivity contribution in [2.75, 3.05) is 19.7 Å². The Labute approximate surface area is 122 Å². The van der Waals surface area contributed by atoms with Gasteiger partial charge in [-0.2, -0.15) is 18.3 Å². The van der Waals surface area contributed by atoms with Gasteiger partial charge in [0.15, 0.2) is 0 Å². The van der Waals surface area contributed by atoms with Crippen molar-refractivity contribution in [3.05, 3.63) is 18.0 Å². The summed E-state index contributed by atoms with van der Waals surface area (Å²) in [7, 11) is 0. The number of halogens is 3. The normalized spacial score (nSPS) is 23.9. The van der Waals surface area contributed by atoms with Gasteiger partial charge < -0.3 is 5.11 Å². The minimum Gasteiger partial charge on any atom is -0.396 e. The minimum absolute atomic E-state index is 0.0523. The van der Waals surface area contributed by atoms with Crippen LogP contribution in [0, 0.1) is 5.41 Å². The monoisotopic (exact) mass is 305 g/mol. The van der Waals surface area contributed by atoms with E-state index >= 15 is 0 Å². The van der Waals surface area contributed by atoms with Crippen LogP contribution in [0.3, 0.4) is 0 Å². The van der Waals surface area contributed by atoms with E-state index in [9.17, 15) is 18.3 Å². The van der Waals surface area contributed by atoms with E-state index in [-0.39, 0.29) is 12.0 Å². The highest BCUT2D eigenvalue weighted by atomic mass is 19.4. The summed E-state index contributed by atoms with van der Waals surface area (Å²) in [5.41, 5.74) is 0.591. The Morgan fingerprint density at radius 1 is 1.43 bits per heavy atom. The van der Waals surface area contributed by atoms with Crippen molar-refractivity contribution in [2.45, 2.75) is 45.5 Å². The number of nitrogens with zero attached hydrogens (tertiary/aromatic N) is 3. The number of hydrogen-bond donors (Lipinski definition) is 1. The molecule has 0 aliphatic carbocycles. The summed E-state index contributed by atoms with van der Waals surface area (Å²) in [6.07, 6.45) is 0.0477. The number of aliphatic hydroxyl groups excluding tert-OH is 1. The maximum absolute atomic E-state index is 12.3. The molecular weight excluding hydrogens is 283 g/mol. The fraction of sp³-hybridized carbons (Fsp3) is 0.786. The highest BCUT2D eigenvalue weighted by Gasteiger charge is 2.36. The average molecular weight is 305 g/mol. The van der Waals surface area contributed by atoms with Crippen molar-refractivity contribution in [3.63, 3.8) is 0 Å². The summed E-state index contributed by atoms with van der Waals surface area (Å²) in [5.74, 6) is 0. The number of likely N-dealkylation sites (tertiary alicyclic amines) is 1. The molecule has 0 saturated carbocycles. The van der Waals surface area contributed by atoms with Gasteiger partial charge in [0.25, 0.3) is 0 Å². The second-order valence-corrected chi connectivity index (χ2v) is 5.99. The molecular formula is C14H22F3N3O. The number of rotatable bonds is 6. The lowest BCUT2D eigenvalue weighted by Gasteiger charge is -2.26. The van der Waals surface area contributed by atoms with Crippen molar-refractivity contribution in [2.24, 2.45) is 5.41 Å². The van der Waals surface area contributed by atoms with E-state index in [4.69, 9.17) is 0 Å². The van der Waals surface area contributed by atoms with Crippen molar-refractivity contribution in [1.82, 2.24) is 14.7 Å². The first-order chi connectivity index (χ1) is 9.86. The van der Waals surface area contributed by atoms with E-state index in [0.717, 1.165) is 37.0 Å². The van der Waals surface area contributed by atoms with Crippen molar-refractivity contribution in [3.8, 4) is 0 Å². The van der Waals surface area contributed by atoms with Gasteiger partial charge in [0.2, 0.25) is 0 Å². The molecule has 4 nitrogen and oxygen atoms in total. The van der Waals surface area contributed by atoms with Crippen molar-refractivity contribution < 1.29 is 18.3 Å².